The van der Waals surface area contributed by atoms with Crippen molar-refractivity contribution < 1.29 is 4.74 Å². The topological polar surface area (TPSA) is 61.0 Å². The van der Waals surface area contributed by atoms with Crippen molar-refractivity contribution in [3.63, 3.8) is 0 Å². The Hall–Kier alpha value is -3.36. The number of rotatable bonds is 3. The Labute approximate surface area is 161 Å². The summed E-state index contributed by atoms with van der Waals surface area (Å²) in [4.78, 5) is 10.6. The van der Waals surface area contributed by atoms with Crippen molar-refractivity contribution in [2.45, 2.75) is 6.92 Å². The third-order valence-corrected chi connectivity index (χ3v) is 5.17. The minimum absolute atomic E-state index is 0.355. The summed E-state index contributed by atoms with van der Waals surface area (Å²) in [5, 5.41) is 0.926. The van der Waals surface area contributed by atoms with Crippen LogP contribution in [0.4, 0.5) is 5.82 Å². The van der Waals surface area contributed by atoms with Crippen LogP contribution >= 0.6 is 11.3 Å². The van der Waals surface area contributed by atoms with Gasteiger partial charge in [-0.05, 0) is 36.8 Å². The van der Waals surface area contributed by atoms with E-state index in [9.17, 15) is 0 Å². The molecule has 0 aliphatic carbocycles. The molecule has 132 valence electrons. The summed E-state index contributed by atoms with van der Waals surface area (Å²) in [7, 11) is 0. The molecule has 4 aromatic rings. The standard InChI is InChI=1S/C22H17N3OS/c1-15-19(20-21(23)24-14-25-22(20)27-15)17-11-9-16(10-12-17)6-5-13-26-18-7-3-2-4-8-18/h2-4,7-12,14H,13H2,1H3,(H2,23,24,25). The molecule has 2 N–H and O–H groups in total. The highest BCUT2D eigenvalue weighted by Gasteiger charge is 2.15. The number of aryl methyl sites for hydroxylation is 1. The van der Waals surface area contributed by atoms with Crippen LogP contribution in [0.25, 0.3) is 21.3 Å². The molecule has 0 aliphatic rings. The zero-order valence-electron chi connectivity index (χ0n) is 14.8. The van der Waals surface area contributed by atoms with Gasteiger partial charge in [0.1, 0.15) is 29.3 Å². The van der Waals surface area contributed by atoms with E-state index in [-0.39, 0.29) is 0 Å². The molecule has 0 saturated carbocycles. The lowest BCUT2D eigenvalue weighted by atomic mass is 10.0. The number of thiophene rings is 1. The maximum absolute atomic E-state index is 6.09. The van der Waals surface area contributed by atoms with Crippen LogP contribution in [-0.4, -0.2) is 16.6 Å². The van der Waals surface area contributed by atoms with Gasteiger partial charge in [-0.25, -0.2) is 9.97 Å². The van der Waals surface area contributed by atoms with E-state index in [0.717, 1.165) is 32.7 Å². The van der Waals surface area contributed by atoms with Crippen molar-refractivity contribution >= 4 is 27.4 Å². The number of benzene rings is 2. The van der Waals surface area contributed by atoms with E-state index in [2.05, 4.69) is 40.9 Å². The zero-order chi connectivity index (χ0) is 18.6. The van der Waals surface area contributed by atoms with Crippen molar-refractivity contribution in [2.24, 2.45) is 0 Å². The first-order valence-corrected chi connectivity index (χ1v) is 9.31. The molecule has 0 fully saturated rings. The number of hydrogen-bond acceptors (Lipinski definition) is 5. The molecule has 5 heteroatoms. The number of ether oxygens (including phenoxy) is 1. The van der Waals surface area contributed by atoms with Gasteiger partial charge >= 0.3 is 0 Å². The maximum atomic E-state index is 6.09. The number of para-hydroxylation sites is 1. The molecule has 0 radical (unpaired) electrons. The Kier molecular flexibility index (Phi) is 4.73. The quantitative estimate of drug-likeness (QED) is 0.531. The van der Waals surface area contributed by atoms with E-state index in [1.807, 2.05) is 42.5 Å². The van der Waals surface area contributed by atoms with Crippen molar-refractivity contribution in [3.05, 3.63) is 71.4 Å². The highest BCUT2D eigenvalue weighted by Crippen LogP contribution is 2.39. The van der Waals surface area contributed by atoms with Gasteiger partial charge in [0.15, 0.2) is 0 Å². The van der Waals surface area contributed by atoms with Crippen LogP contribution in [0.15, 0.2) is 60.9 Å². The molecular weight excluding hydrogens is 354 g/mol. The first kappa shape index (κ1) is 17.1. The molecule has 2 aromatic carbocycles. The van der Waals surface area contributed by atoms with Crippen LogP contribution in [-0.2, 0) is 0 Å². The van der Waals surface area contributed by atoms with Gasteiger partial charge in [-0.15, -0.1) is 11.3 Å². The molecule has 0 bridgehead atoms. The fraction of sp³-hybridized carbons (Fsp3) is 0.0909. The van der Waals surface area contributed by atoms with E-state index in [1.165, 1.54) is 11.2 Å². The first-order valence-electron chi connectivity index (χ1n) is 8.49. The molecule has 2 aromatic heterocycles. The van der Waals surface area contributed by atoms with E-state index in [0.29, 0.717) is 12.4 Å². The van der Waals surface area contributed by atoms with Crippen LogP contribution in [0.5, 0.6) is 5.75 Å². The Morgan fingerprint density at radius 1 is 1.04 bits per heavy atom. The van der Waals surface area contributed by atoms with Gasteiger partial charge in [-0.2, -0.15) is 0 Å². The minimum Gasteiger partial charge on any atom is -0.481 e. The summed E-state index contributed by atoms with van der Waals surface area (Å²) in [6.07, 6.45) is 1.51. The zero-order valence-corrected chi connectivity index (χ0v) is 15.6. The van der Waals surface area contributed by atoms with Gasteiger partial charge in [0.25, 0.3) is 0 Å². The summed E-state index contributed by atoms with van der Waals surface area (Å²) < 4.78 is 5.59. The third kappa shape index (κ3) is 3.62. The van der Waals surface area contributed by atoms with Gasteiger partial charge in [-0.1, -0.05) is 42.2 Å². The van der Waals surface area contributed by atoms with Gasteiger partial charge in [0, 0.05) is 16.0 Å². The molecule has 0 saturated heterocycles. The number of fused-ring (bicyclic) bond motifs is 1. The molecule has 0 atom stereocenters. The van der Waals surface area contributed by atoms with E-state index in [1.54, 1.807) is 11.3 Å². The fourth-order valence-corrected chi connectivity index (χ4v) is 3.93. The number of nitrogen functional groups attached to an aromatic ring is 1. The van der Waals surface area contributed by atoms with Crippen molar-refractivity contribution in [1.29, 1.82) is 0 Å². The smallest absolute Gasteiger partial charge is 0.149 e. The lowest BCUT2D eigenvalue weighted by Crippen LogP contribution is -1.93. The highest BCUT2D eigenvalue weighted by molar-refractivity contribution is 7.19. The Morgan fingerprint density at radius 3 is 2.59 bits per heavy atom. The van der Waals surface area contributed by atoms with Crippen molar-refractivity contribution in [1.82, 2.24) is 9.97 Å². The van der Waals surface area contributed by atoms with E-state index >= 15 is 0 Å². The Balaban J connectivity index is 1.54. The predicted octanol–water partition coefficient (Wildman–Crippen LogP) is 4.68. The van der Waals surface area contributed by atoms with Gasteiger partial charge in [-0.3, -0.25) is 0 Å². The van der Waals surface area contributed by atoms with Crippen LogP contribution in [0.3, 0.4) is 0 Å². The molecule has 2 heterocycles. The summed E-state index contributed by atoms with van der Waals surface area (Å²) in [6, 6.07) is 17.8. The molecule has 27 heavy (non-hydrogen) atoms. The number of hydrogen-bond donors (Lipinski definition) is 1. The van der Waals surface area contributed by atoms with Gasteiger partial charge in [0.05, 0.1) is 5.39 Å². The average Bonchev–Trinajstić information content (AvgIpc) is 3.04. The second kappa shape index (κ2) is 7.48. The molecule has 4 nitrogen and oxygen atoms in total. The van der Waals surface area contributed by atoms with Crippen LogP contribution in [0.1, 0.15) is 10.4 Å². The Bertz CT molecular complexity index is 1140. The maximum Gasteiger partial charge on any atom is 0.149 e. The molecule has 0 aliphatic heterocycles. The molecule has 4 rings (SSSR count). The molecular formula is C22H17N3OS. The second-order valence-electron chi connectivity index (χ2n) is 5.95. The van der Waals surface area contributed by atoms with E-state index < -0.39 is 0 Å². The lowest BCUT2D eigenvalue weighted by molar-refractivity contribution is 0.370. The second-order valence-corrected chi connectivity index (χ2v) is 7.16. The number of anilines is 1. The normalized spacial score (nSPS) is 10.4. The SMILES string of the molecule is Cc1sc2ncnc(N)c2c1-c1ccc(C#CCOc2ccccc2)cc1. The number of nitrogens with two attached hydrogens (primary N) is 1. The summed E-state index contributed by atoms with van der Waals surface area (Å²) in [5.41, 5.74) is 9.21. The lowest BCUT2D eigenvalue weighted by Gasteiger charge is -2.04. The Morgan fingerprint density at radius 2 is 1.81 bits per heavy atom. The predicted molar refractivity (Wildman–Crippen MR) is 111 cm³/mol. The van der Waals surface area contributed by atoms with E-state index in [4.69, 9.17) is 10.5 Å². The summed E-state index contributed by atoms with van der Waals surface area (Å²) in [5.74, 6) is 7.51. The monoisotopic (exact) mass is 371 g/mol. The van der Waals surface area contributed by atoms with Crippen LogP contribution < -0.4 is 10.5 Å². The third-order valence-electron chi connectivity index (χ3n) is 4.15. The summed E-state index contributed by atoms with van der Waals surface area (Å²) >= 11 is 1.63. The van der Waals surface area contributed by atoms with Gasteiger partial charge < -0.3 is 10.5 Å². The number of aromatic nitrogens is 2. The molecule has 0 unspecified atom stereocenters. The average molecular weight is 371 g/mol. The summed E-state index contributed by atoms with van der Waals surface area (Å²) in [6.45, 7) is 2.43. The number of nitrogens with zero attached hydrogens (tertiary/aromatic N) is 2. The largest absolute Gasteiger partial charge is 0.481 e. The van der Waals surface area contributed by atoms with Crippen molar-refractivity contribution in [2.75, 3.05) is 12.3 Å². The van der Waals surface area contributed by atoms with Crippen LogP contribution in [0, 0.1) is 18.8 Å². The molecule has 0 amide bonds. The molecule has 0 spiro atoms. The minimum atomic E-state index is 0.355. The van der Waals surface area contributed by atoms with Crippen LogP contribution in [0.2, 0.25) is 0 Å². The first-order chi connectivity index (χ1) is 13.2. The fourth-order valence-electron chi connectivity index (χ4n) is 2.91. The highest BCUT2D eigenvalue weighted by atomic mass is 32.1. The van der Waals surface area contributed by atoms with Gasteiger partial charge in [0.2, 0.25) is 0 Å². The van der Waals surface area contributed by atoms with Crippen molar-refractivity contribution in [3.8, 4) is 28.7 Å².